The summed E-state index contributed by atoms with van der Waals surface area (Å²) in [6.45, 7) is 2.38. The number of rotatable bonds is 13. The number of ether oxygens (including phenoxy) is 1. The third-order valence-electron chi connectivity index (χ3n) is 5.19. The van der Waals surface area contributed by atoms with E-state index < -0.39 is 18.3 Å². The first kappa shape index (κ1) is 20.4. The van der Waals surface area contributed by atoms with E-state index in [1.54, 1.807) is 0 Å². The predicted octanol–water partition coefficient (Wildman–Crippen LogP) is 3.31. The maximum atomic E-state index is 10.9. The lowest BCUT2D eigenvalue weighted by Crippen LogP contribution is -2.43. The topological polar surface area (TPSA) is 73.2 Å². The Morgan fingerprint density at radius 3 is 2.24 bits per heavy atom. The van der Waals surface area contributed by atoms with Crippen LogP contribution in [0.25, 0.3) is 0 Å². The number of benzene rings is 1. The molecule has 1 heterocycles. The number of aliphatic hydroxyl groups is 3. The molecular formula is C21H34O4. The number of unbranched alkanes of at least 4 members (excludes halogenated alkanes) is 6. The summed E-state index contributed by atoms with van der Waals surface area (Å²) >= 11 is 0. The van der Waals surface area contributed by atoms with E-state index in [1.165, 1.54) is 50.5 Å². The Hall–Kier alpha value is -0.940. The zero-order valence-electron chi connectivity index (χ0n) is 15.5. The van der Waals surface area contributed by atoms with Crippen LogP contribution in [0.2, 0.25) is 0 Å². The Morgan fingerprint density at radius 2 is 1.68 bits per heavy atom. The molecular weight excluding hydrogens is 316 g/mol. The molecule has 3 atom stereocenters. The maximum absolute atomic E-state index is 10.9. The van der Waals surface area contributed by atoms with Crippen LogP contribution in [0.3, 0.4) is 0 Å². The molecule has 0 saturated carbocycles. The first-order valence-corrected chi connectivity index (χ1v) is 9.82. The largest absolute Gasteiger partial charge is 0.394 e. The van der Waals surface area contributed by atoms with Crippen molar-refractivity contribution in [3.05, 3.63) is 35.4 Å². The molecule has 1 saturated heterocycles. The van der Waals surface area contributed by atoms with Crippen molar-refractivity contribution in [1.29, 1.82) is 0 Å². The molecule has 1 aromatic rings. The normalized spacial score (nSPS) is 20.2. The highest BCUT2D eigenvalue weighted by Gasteiger charge is 2.42. The maximum Gasteiger partial charge on any atom is 0.120 e. The van der Waals surface area contributed by atoms with E-state index in [-0.39, 0.29) is 6.10 Å². The van der Waals surface area contributed by atoms with Gasteiger partial charge in [-0.15, -0.1) is 0 Å². The number of hydrogen-bond donors (Lipinski definition) is 3. The van der Waals surface area contributed by atoms with Crippen LogP contribution in [0.15, 0.2) is 24.3 Å². The summed E-state index contributed by atoms with van der Waals surface area (Å²) in [6, 6.07) is 7.79. The van der Waals surface area contributed by atoms with Gasteiger partial charge in [0, 0.05) is 6.42 Å². The quantitative estimate of drug-likeness (QED) is 0.377. The molecule has 1 aliphatic rings. The summed E-state index contributed by atoms with van der Waals surface area (Å²) in [7, 11) is 0. The molecule has 2 rings (SSSR count). The van der Waals surface area contributed by atoms with Crippen LogP contribution in [0.5, 0.6) is 0 Å². The lowest BCUT2D eigenvalue weighted by Gasteiger charge is -2.32. The second kappa shape index (κ2) is 10.3. The van der Waals surface area contributed by atoms with Crippen molar-refractivity contribution >= 4 is 0 Å². The molecule has 4 heteroatoms. The van der Waals surface area contributed by atoms with Gasteiger partial charge in [-0.1, -0.05) is 69.7 Å². The SMILES string of the molecule is CCCCCCCCCc1ccc(C(O)(CC2CO2)C(O)CO)cc1. The fraction of sp³-hybridized carbons (Fsp3) is 0.714. The summed E-state index contributed by atoms with van der Waals surface area (Å²) in [5, 5.41) is 30.3. The molecule has 0 radical (unpaired) electrons. The zero-order valence-corrected chi connectivity index (χ0v) is 15.5. The summed E-state index contributed by atoms with van der Waals surface area (Å²) in [4.78, 5) is 0. The van der Waals surface area contributed by atoms with Gasteiger partial charge in [-0.2, -0.15) is 0 Å². The van der Waals surface area contributed by atoms with E-state index in [1.807, 2.05) is 24.3 Å². The van der Waals surface area contributed by atoms with E-state index in [0.29, 0.717) is 18.6 Å². The molecule has 0 bridgehead atoms. The van der Waals surface area contributed by atoms with Gasteiger partial charge in [-0.25, -0.2) is 0 Å². The minimum atomic E-state index is -1.45. The fourth-order valence-corrected chi connectivity index (χ4v) is 3.38. The minimum absolute atomic E-state index is 0.0291. The molecule has 3 unspecified atom stereocenters. The van der Waals surface area contributed by atoms with Crippen LogP contribution in [-0.4, -0.2) is 40.7 Å². The molecule has 1 aliphatic heterocycles. The molecule has 3 N–H and O–H groups in total. The summed E-state index contributed by atoms with van der Waals surface area (Å²) < 4.78 is 5.19. The highest BCUT2D eigenvalue weighted by Crippen LogP contribution is 2.34. The predicted molar refractivity (Wildman–Crippen MR) is 99.5 cm³/mol. The molecule has 1 fully saturated rings. The Kier molecular flexibility index (Phi) is 8.37. The van der Waals surface area contributed by atoms with E-state index in [2.05, 4.69) is 6.92 Å². The standard InChI is InChI=1S/C21H34O4/c1-2-3-4-5-6-7-8-9-17-10-12-18(13-11-17)21(24,20(23)15-22)14-19-16-25-19/h10-13,19-20,22-24H,2-9,14-16H2,1H3. The average molecular weight is 350 g/mol. The van der Waals surface area contributed by atoms with E-state index >= 15 is 0 Å². The summed E-state index contributed by atoms with van der Waals surface area (Å²) in [5.41, 5.74) is 0.446. The van der Waals surface area contributed by atoms with Gasteiger partial charge >= 0.3 is 0 Å². The van der Waals surface area contributed by atoms with Crippen molar-refractivity contribution in [1.82, 2.24) is 0 Å². The molecule has 0 spiro atoms. The third kappa shape index (κ3) is 6.37. The van der Waals surface area contributed by atoms with Crippen molar-refractivity contribution in [3.63, 3.8) is 0 Å². The van der Waals surface area contributed by atoms with Crippen molar-refractivity contribution in [2.45, 2.75) is 82.5 Å². The molecule has 25 heavy (non-hydrogen) atoms. The molecule has 1 aromatic carbocycles. The Morgan fingerprint density at radius 1 is 1.08 bits per heavy atom. The van der Waals surface area contributed by atoms with Crippen LogP contribution in [0, 0.1) is 0 Å². The van der Waals surface area contributed by atoms with Crippen molar-refractivity contribution < 1.29 is 20.1 Å². The zero-order chi connectivity index (χ0) is 18.1. The Bertz CT molecular complexity index is 483. The molecule has 142 valence electrons. The van der Waals surface area contributed by atoms with E-state index in [0.717, 1.165) is 6.42 Å². The summed E-state index contributed by atoms with van der Waals surface area (Å²) in [5.74, 6) is 0. The van der Waals surface area contributed by atoms with E-state index in [9.17, 15) is 15.3 Å². The number of aliphatic hydroxyl groups excluding tert-OH is 2. The van der Waals surface area contributed by atoms with Crippen LogP contribution in [0.1, 0.15) is 69.4 Å². The third-order valence-corrected chi connectivity index (χ3v) is 5.19. The van der Waals surface area contributed by atoms with E-state index in [4.69, 9.17) is 4.74 Å². The van der Waals surface area contributed by atoms with Crippen LogP contribution < -0.4 is 0 Å². The van der Waals surface area contributed by atoms with Gasteiger partial charge in [0.25, 0.3) is 0 Å². The number of aryl methyl sites for hydroxylation is 1. The van der Waals surface area contributed by atoms with Crippen LogP contribution >= 0.6 is 0 Å². The molecule has 0 aromatic heterocycles. The first-order valence-electron chi connectivity index (χ1n) is 9.82. The second-order valence-corrected chi connectivity index (χ2v) is 7.35. The highest BCUT2D eigenvalue weighted by atomic mass is 16.6. The van der Waals surface area contributed by atoms with Crippen molar-refractivity contribution in [3.8, 4) is 0 Å². The minimum Gasteiger partial charge on any atom is -0.394 e. The van der Waals surface area contributed by atoms with Gasteiger partial charge in [-0.05, 0) is 24.0 Å². The van der Waals surface area contributed by atoms with Crippen LogP contribution in [0.4, 0.5) is 0 Å². The van der Waals surface area contributed by atoms with Gasteiger partial charge in [-0.3, -0.25) is 0 Å². The van der Waals surface area contributed by atoms with Gasteiger partial charge in [0.1, 0.15) is 11.7 Å². The monoisotopic (exact) mass is 350 g/mol. The lowest BCUT2D eigenvalue weighted by molar-refractivity contribution is -0.108. The van der Waals surface area contributed by atoms with Crippen LogP contribution in [-0.2, 0) is 16.8 Å². The first-order chi connectivity index (χ1) is 12.1. The Balaban J connectivity index is 1.83. The second-order valence-electron chi connectivity index (χ2n) is 7.35. The fourth-order valence-electron chi connectivity index (χ4n) is 3.38. The molecule has 0 aliphatic carbocycles. The number of hydrogen-bond acceptors (Lipinski definition) is 4. The molecule has 0 amide bonds. The van der Waals surface area contributed by atoms with Gasteiger partial charge < -0.3 is 20.1 Å². The Labute approximate surface area is 151 Å². The molecule has 4 nitrogen and oxygen atoms in total. The van der Waals surface area contributed by atoms with Crippen molar-refractivity contribution in [2.75, 3.05) is 13.2 Å². The van der Waals surface area contributed by atoms with Crippen molar-refractivity contribution in [2.24, 2.45) is 0 Å². The van der Waals surface area contributed by atoms with Gasteiger partial charge in [0.2, 0.25) is 0 Å². The highest BCUT2D eigenvalue weighted by molar-refractivity contribution is 5.29. The lowest BCUT2D eigenvalue weighted by atomic mass is 9.83. The summed E-state index contributed by atoms with van der Waals surface area (Å²) in [6.07, 6.45) is 9.19. The van der Waals surface area contributed by atoms with Gasteiger partial charge in [0.15, 0.2) is 0 Å². The van der Waals surface area contributed by atoms with Gasteiger partial charge in [0.05, 0.1) is 19.3 Å². The average Bonchev–Trinajstić information content (AvgIpc) is 3.44. The smallest absolute Gasteiger partial charge is 0.120 e. The number of epoxide rings is 1.